The molecule has 170 valence electrons. The lowest BCUT2D eigenvalue weighted by molar-refractivity contribution is 0.288. The topological polar surface area (TPSA) is 87.8 Å². The molecule has 2 aromatic carbocycles. The molecule has 0 saturated heterocycles. The van der Waals surface area contributed by atoms with Gasteiger partial charge < -0.3 is 20.3 Å². The first kappa shape index (κ1) is 25.5. The minimum Gasteiger partial charge on any atom is -0.490 e. The van der Waals surface area contributed by atoms with Gasteiger partial charge in [-0.05, 0) is 56.1 Å². The van der Waals surface area contributed by atoms with E-state index in [0.717, 1.165) is 22.2 Å². The zero-order chi connectivity index (χ0) is 22.6. The SMILES string of the molecule is CCOc1cc2nc(Cl)nc(Nc3cccc(C#C[Si](C)(C)C)c3C)c2cc1OCC.O. The predicted octanol–water partition coefficient (Wildman–Crippen LogP) is 5.54. The van der Waals surface area contributed by atoms with E-state index in [0.29, 0.717) is 36.0 Å². The first-order valence-corrected chi connectivity index (χ1v) is 14.3. The van der Waals surface area contributed by atoms with Gasteiger partial charge in [0.25, 0.3) is 0 Å². The fourth-order valence-corrected chi connectivity index (χ4v) is 3.71. The molecule has 8 heteroatoms. The molecule has 0 aliphatic rings. The number of hydrogen-bond acceptors (Lipinski definition) is 5. The molecule has 0 spiro atoms. The number of aromatic nitrogens is 2. The highest BCUT2D eigenvalue weighted by atomic mass is 35.5. The summed E-state index contributed by atoms with van der Waals surface area (Å²) in [4.78, 5) is 8.83. The fraction of sp³-hybridized carbons (Fsp3) is 0.333. The molecule has 0 aliphatic heterocycles. The van der Waals surface area contributed by atoms with Gasteiger partial charge in [0, 0.05) is 22.7 Å². The lowest BCUT2D eigenvalue weighted by Gasteiger charge is -2.15. The van der Waals surface area contributed by atoms with Crippen LogP contribution in [-0.2, 0) is 0 Å². The maximum Gasteiger partial charge on any atom is 0.224 e. The molecule has 1 heterocycles. The average Bonchev–Trinajstić information content (AvgIpc) is 2.69. The molecule has 0 atom stereocenters. The monoisotopic (exact) mass is 471 g/mol. The molecule has 0 radical (unpaired) electrons. The summed E-state index contributed by atoms with van der Waals surface area (Å²) in [6.45, 7) is 13.7. The number of fused-ring (bicyclic) bond motifs is 1. The van der Waals surface area contributed by atoms with Crippen molar-refractivity contribution in [3.05, 3.63) is 46.7 Å². The van der Waals surface area contributed by atoms with Crippen LogP contribution in [0.3, 0.4) is 0 Å². The van der Waals surface area contributed by atoms with Gasteiger partial charge in [0.05, 0.1) is 18.7 Å². The zero-order valence-electron chi connectivity index (χ0n) is 19.4. The van der Waals surface area contributed by atoms with Crippen LogP contribution >= 0.6 is 11.6 Å². The number of nitrogens with one attached hydrogen (secondary N) is 1. The van der Waals surface area contributed by atoms with Crippen molar-refractivity contribution in [3.63, 3.8) is 0 Å². The second-order valence-corrected chi connectivity index (χ2v) is 13.2. The van der Waals surface area contributed by atoms with Crippen molar-refractivity contribution in [3.8, 4) is 23.0 Å². The van der Waals surface area contributed by atoms with Gasteiger partial charge in [0.2, 0.25) is 5.28 Å². The summed E-state index contributed by atoms with van der Waals surface area (Å²) in [6, 6.07) is 9.78. The Morgan fingerprint density at radius 2 is 1.69 bits per heavy atom. The van der Waals surface area contributed by atoms with Crippen LogP contribution in [0.2, 0.25) is 24.9 Å². The van der Waals surface area contributed by atoms with Gasteiger partial charge in [0.15, 0.2) is 11.5 Å². The number of halogens is 1. The average molecular weight is 472 g/mol. The Bertz CT molecular complexity index is 1170. The Balaban J connectivity index is 0.00000363. The Morgan fingerprint density at radius 3 is 2.31 bits per heavy atom. The summed E-state index contributed by atoms with van der Waals surface area (Å²) in [6.07, 6.45) is 0. The lowest BCUT2D eigenvalue weighted by Crippen LogP contribution is -2.16. The van der Waals surface area contributed by atoms with E-state index >= 15 is 0 Å². The second kappa shape index (κ2) is 10.7. The smallest absolute Gasteiger partial charge is 0.224 e. The maximum atomic E-state index is 6.24. The molecular formula is C24H30ClN3O3Si. The van der Waals surface area contributed by atoms with Gasteiger partial charge in [-0.15, -0.1) is 5.54 Å². The fourth-order valence-electron chi connectivity index (χ4n) is 3.03. The van der Waals surface area contributed by atoms with Crippen molar-refractivity contribution in [2.45, 2.75) is 40.4 Å². The normalized spacial score (nSPS) is 10.7. The van der Waals surface area contributed by atoms with Gasteiger partial charge in [-0.3, -0.25) is 0 Å². The van der Waals surface area contributed by atoms with E-state index in [2.05, 4.69) is 53.3 Å². The van der Waals surface area contributed by atoms with E-state index in [-0.39, 0.29) is 10.8 Å². The summed E-state index contributed by atoms with van der Waals surface area (Å²) in [5, 5.41) is 4.39. The summed E-state index contributed by atoms with van der Waals surface area (Å²) in [7, 11) is -1.47. The molecule has 0 unspecified atom stereocenters. The van der Waals surface area contributed by atoms with Crippen LogP contribution in [-0.4, -0.2) is 36.7 Å². The second-order valence-electron chi connectivity index (χ2n) is 8.13. The number of anilines is 2. The number of ether oxygens (including phenoxy) is 2. The van der Waals surface area contributed by atoms with Crippen LogP contribution < -0.4 is 14.8 Å². The van der Waals surface area contributed by atoms with Crippen LogP contribution in [0.5, 0.6) is 11.5 Å². The number of rotatable bonds is 6. The summed E-state index contributed by atoms with van der Waals surface area (Å²) < 4.78 is 11.5. The highest BCUT2D eigenvalue weighted by Gasteiger charge is 2.15. The van der Waals surface area contributed by atoms with Crippen LogP contribution in [0.1, 0.15) is 25.0 Å². The van der Waals surface area contributed by atoms with E-state index in [4.69, 9.17) is 21.1 Å². The van der Waals surface area contributed by atoms with Crippen LogP contribution in [0.15, 0.2) is 30.3 Å². The Labute approximate surface area is 195 Å². The van der Waals surface area contributed by atoms with Gasteiger partial charge >= 0.3 is 0 Å². The van der Waals surface area contributed by atoms with E-state index < -0.39 is 8.07 Å². The molecule has 3 aromatic rings. The molecule has 0 fully saturated rings. The number of benzene rings is 2. The van der Waals surface area contributed by atoms with Crippen molar-refractivity contribution in [2.24, 2.45) is 0 Å². The largest absolute Gasteiger partial charge is 0.490 e. The van der Waals surface area contributed by atoms with Crippen molar-refractivity contribution in [1.82, 2.24) is 9.97 Å². The maximum absolute atomic E-state index is 6.24. The Morgan fingerprint density at radius 1 is 1.03 bits per heavy atom. The zero-order valence-corrected chi connectivity index (χ0v) is 21.1. The van der Waals surface area contributed by atoms with E-state index in [1.165, 1.54) is 0 Å². The van der Waals surface area contributed by atoms with Crippen molar-refractivity contribution in [1.29, 1.82) is 0 Å². The van der Waals surface area contributed by atoms with Crippen molar-refractivity contribution < 1.29 is 14.9 Å². The van der Waals surface area contributed by atoms with Gasteiger partial charge in [-0.25, -0.2) is 4.98 Å². The van der Waals surface area contributed by atoms with Gasteiger partial charge in [-0.2, -0.15) is 4.98 Å². The minimum atomic E-state index is -1.47. The first-order valence-electron chi connectivity index (χ1n) is 10.4. The highest BCUT2D eigenvalue weighted by molar-refractivity contribution is 6.83. The summed E-state index contributed by atoms with van der Waals surface area (Å²) in [5.74, 6) is 5.25. The van der Waals surface area contributed by atoms with Gasteiger partial charge in [0.1, 0.15) is 13.9 Å². The molecule has 1 aromatic heterocycles. The van der Waals surface area contributed by atoms with Gasteiger partial charge in [-0.1, -0.05) is 31.6 Å². The Hall–Kier alpha value is -2.79. The van der Waals surface area contributed by atoms with Crippen molar-refractivity contribution >= 4 is 42.1 Å². The van der Waals surface area contributed by atoms with Crippen LogP contribution in [0.4, 0.5) is 11.5 Å². The standard InChI is InChI=1S/C24H28ClN3O2Si.H2O/c1-7-29-21-14-18-20(15-22(21)30-8-2)27-24(25)28-23(18)26-19-11-9-10-17(16(19)3)12-13-31(4,5)6;/h9-11,14-15H,7-8H2,1-6H3,(H,26,27,28);1H2. The molecule has 0 saturated carbocycles. The third-order valence-electron chi connectivity index (χ3n) is 4.49. The molecule has 0 aliphatic carbocycles. The summed E-state index contributed by atoms with van der Waals surface area (Å²) >= 11 is 6.24. The molecule has 0 bridgehead atoms. The molecule has 6 nitrogen and oxygen atoms in total. The van der Waals surface area contributed by atoms with Crippen LogP contribution in [0.25, 0.3) is 10.9 Å². The van der Waals surface area contributed by atoms with Crippen molar-refractivity contribution in [2.75, 3.05) is 18.5 Å². The molecule has 3 rings (SSSR count). The van der Waals surface area contributed by atoms with E-state index in [1.54, 1.807) is 0 Å². The van der Waals surface area contributed by atoms with E-state index in [1.807, 2.05) is 44.2 Å². The first-order chi connectivity index (χ1) is 14.7. The minimum absolute atomic E-state index is 0. The number of nitrogens with zero attached hydrogens (tertiary/aromatic N) is 2. The highest BCUT2D eigenvalue weighted by Crippen LogP contribution is 2.36. The lowest BCUT2D eigenvalue weighted by atomic mass is 10.1. The number of hydrogen-bond donors (Lipinski definition) is 1. The molecule has 0 amide bonds. The molecule has 3 N–H and O–H groups in total. The van der Waals surface area contributed by atoms with Crippen LogP contribution in [0, 0.1) is 18.4 Å². The van der Waals surface area contributed by atoms with E-state index in [9.17, 15) is 0 Å². The quantitative estimate of drug-likeness (QED) is 0.290. The summed E-state index contributed by atoms with van der Waals surface area (Å²) in [5.41, 5.74) is 7.10. The Kier molecular flexibility index (Phi) is 8.50. The predicted molar refractivity (Wildman–Crippen MR) is 135 cm³/mol. The molecule has 32 heavy (non-hydrogen) atoms. The third-order valence-corrected chi connectivity index (χ3v) is 5.54. The molecular weight excluding hydrogens is 442 g/mol. The third kappa shape index (κ3) is 6.13.